The van der Waals surface area contributed by atoms with Crippen LogP contribution in [0.2, 0.25) is 0 Å². The molecule has 0 bridgehead atoms. The highest BCUT2D eigenvalue weighted by atomic mass is 16.3. The molecule has 0 saturated heterocycles. The molecule has 24 heavy (non-hydrogen) atoms. The van der Waals surface area contributed by atoms with Crippen LogP contribution in [0.3, 0.4) is 0 Å². The minimum absolute atomic E-state index is 0.883. The first-order valence-electron chi connectivity index (χ1n) is 7.95. The zero-order chi connectivity index (χ0) is 15.9. The summed E-state index contributed by atoms with van der Waals surface area (Å²) in [6.45, 7) is 0. The first-order chi connectivity index (χ1) is 11.9. The van der Waals surface area contributed by atoms with E-state index in [1.807, 2.05) is 24.3 Å². The van der Waals surface area contributed by atoms with Crippen LogP contribution in [0.15, 0.2) is 94.2 Å². The summed E-state index contributed by atoms with van der Waals surface area (Å²) in [6, 6.07) is 24.7. The van der Waals surface area contributed by atoms with E-state index in [2.05, 4.69) is 48.5 Å². The fourth-order valence-electron chi connectivity index (χ4n) is 3.50. The average molecular weight is 310 g/mol. The number of benzene rings is 3. The lowest BCUT2D eigenvalue weighted by atomic mass is 9.90. The molecule has 0 saturated carbocycles. The molecule has 2 aromatic heterocycles. The Kier molecular flexibility index (Phi) is 2.83. The Labute approximate surface area is 138 Å². The van der Waals surface area contributed by atoms with Crippen molar-refractivity contribution in [3.63, 3.8) is 0 Å². The van der Waals surface area contributed by atoms with Gasteiger partial charge in [-0.05, 0) is 45.8 Å². The van der Waals surface area contributed by atoms with E-state index < -0.39 is 0 Å². The number of hydrogen-bond donors (Lipinski definition) is 0. The standard InChI is InChI=1S/C22H14O2/c1-2-8-16-15(7-1)21(19-11-5-13-23-19)17-9-3-4-10-18(17)22(16)20-12-6-14-24-20/h1-14H. The Bertz CT molecular complexity index is 984. The van der Waals surface area contributed by atoms with Crippen molar-refractivity contribution in [3.05, 3.63) is 85.3 Å². The van der Waals surface area contributed by atoms with Gasteiger partial charge in [-0.15, -0.1) is 0 Å². The Morgan fingerprint density at radius 1 is 0.417 bits per heavy atom. The SMILES string of the molecule is c1coc(-c2c3ccccc3c(-c3ccco3)c3ccccc23)c1. The Balaban J connectivity index is 2.06. The van der Waals surface area contributed by atoms with Gasteiger partial charge in [0, 0.05) is 11.1 Å². The van der Waals surface area contributed by atoms with Crippen molar-refractivity contribution in [2.45, 2.75) is 0 Å². The highest BCUT2D eigenvalue weighted by Gasteiger charge is 2.18. The minimum atomic E-state index is 0.883. The summed E-state index contributed by atoms with van der Waals surface area (Å²) in [7, 11) is 0. The van der Waals surface area contributed by atoms with E-state index in [9.17, 15) is 0 Å². The molecule has 2 nitrogen and oxygen atoms in total. The molecule has 0 fully saturated rings. The van der Waals surface area contributed by atoms with Crippen molar-refractivity contribution in [2.24, 2.45) is 0 Å². The third-order valence-corrected chi connectivity index (χ3v) is 4.47. The van der Waals surface area contributed by atoms with E-state index in [4.69, 9.17) is 8.83 Å². The molecular weight excluding hydrogens is 296 g/mol. The summed E-state index contributed by atoms with van der Waals surface area (Å²) in [6.07, 6.45) is 3.44. The number of rotatable bonds is 2. The molecule has 0 aliphatic carbocycles. The molecule has 5 rings (SSSR count). The largest absolute Gasteiger partial charge is 0.464 e. The molecule has 114 valence electrons. The fraction of sp³-hybridized carbons (Fsp3) is 0. The normalized spacial score (nSPS) is 11.3. The van der Waals surface area contributed by atoms with E-state index >= 15 is 0 Å². The Morgan fingerprint density at radius 3 is 1.08 bits per heavy atom. The summed E-state index contributed by atoms with van der Waals surface area (Å²) >= 11 is 0. The Hall–Kier alpha value is -3.26. The number of furan rings is 2. The van der Waals surface area contributed by atoms with Crippen LogP contribution < -0.4 is 0 Å². The van der Waals surface area contributed by atoms with E-state index in [0.29, 0.717) is 0 Å². The van der Waals surface area contributed by atoms with Gasteiger partial charge >= 0.3 is 0 Å². The highest BCUT2D eigenvalue weighted by Crippen LogP contribution is 2.43. The van der Waals surface area contributed by atoms with Gasteiger partial charge in [0.05, 0.1) is 12.5 Å². The van der Waals surface area contributed by atoms with Gasteiger partial charge in [0.25, 0.3) is 0 Å². The summed E-state index contributed by atoms with van der Waals surface area (Å²) in [5.74, 6) is 1.77. The van der Waals surface area contributed by atoms with Gasteiger partial charge in [0.15, 0.2) is 0 Å². The van der Waals surface area contributed by atoms with Crippen molar-refractivity contribution in [1.82, 2.24) is 0 Å². The molecule has 0 spiro atoms. The predicted molar refractivity (Wildman–Crippen MR) is 96.9 cm³/mol. The summed E-state index contributed by atoms with van der Waals surface area (Å²) in [5, 5.41) is 4.66. The highest BCUT2D eigenvalue weighted by molar-refractivity contribution is 6.20. The van der Waals surface area contributed by atoms with Gasteiger partial charge in [-0.3, -0.25) is 0 Å². The molecule has 0 unspecified atom stereocenters. The molecule has 0 amide bonds. The Morgan fingerprint density at radius 2 is 0.792 bits per heavy atom. The van der Waals surface area contributed by atoms with E-state index in [1.165, 1.54) is 0 Å². The van der Waals surface area contributed by atoms with Crippen molar-refractivity contribution in [2.75, 3.05) is 0 Å². The zero-order valence-corrected chi connectivity index (χ0v) is 12.9. The molecule has 2 heteroatoms. The maximum atomic E-state index is 5.74. The van der Waals surface area contributed by atoms with Crippen LogP contribution in [0, 0.1) is 0 Å². The molecule has 2 heterocycles. The van der Waals surface area contributed by atoms with E-state index in [-0.39, 0.29) is 0 Å². The lowest BCUT2D eigenvalue weighted by Gasteiger charge is -2.14. The van der Waals surface area contributed by atoms with Crippen LogP contribution >= 0.6 is 0 Å². The van der Waals surface area contributed by atoms with Crippen molar-refractivity contribution in [1.29, 1.82) is 0 Å². The van der Waals surface area contributed by atoms with Gasteiger partial charge in [-0.2, -0.15) is 0 Å². The second kappa shape index (κ2) is 5.14. The van der Waals surface area contributed by atoms with Crippen LogP contribution in [0.4, 0.5) is 0 Å². The summed E-state index contributed by atoms with van der Waals surface area (Å²) < 4.78 is 11.5. The maximum Gasteiger partial charge on any atom is 0.135 e. The lowest BCUT2D eigenvalue weighted by molar-refractivity contribution is 0.582. The van der Waals surface area contributed by atoms with Crippen LogP contribution in [0.5, 0.6) is 0 Å². The third kappa shape index (κ3) is 1.83. The second-order valence-corrected chi connectivity index (χ2v) is 5.80. The number of fused-ring (bicyclic) bond motifs is 2. The lowest BCUT2D eigenvalue weighted by Crippen LogP contribution is -1.88. The molecule has 0 radical (unpaired) electrons. The maximum absolute atomic E-state index is 5.74. The molecule has 0 aliphatic heterocycles. The van der Waals surface area contributed by atoms with Crippen LogP contribution in [-0.4, -0.2) is 0 Å². The van der Waals surface area contributed by atoms with Crippen molar-refractivity contribution in [3.8, 4) is 22.6 Å². The first kappa shape index (κ1) is 13.2. The summed E-state index contributed by atoms with van der Waals surface area (Å²) in [5.41, 5.74) is 2.25. The number of hydrogen-bond acceptors (Lipinski definition) is 2. The first-order valence-corrected chi connectivity index (χ1v) is 7.95. The third-order valence-electron chi connectivity index (χ3n) is 4.47. The van der Waals surface area contributed by atoms with Crippen LogP contribution in [0.25, 0.3) is 44.2 Å². The van der Waals surface area contributed by atoms with Gasteiger partial charge in [0.2, 0.25) is 0 Å². The quantitative estimate of drug-likeness (QED) is 0.347. The van der Waals surface area contributed by atoms with Gasteiger partial charge < -0.3 is 8.83 Å². The zero-order valence-electron chi connectivity index (χ0n) is 12.9. The molecular formula is C22H14O2. The molecule has 0 N–H and O–H groups in total. The monoisotopic (exact) mass is 310 g/mol. The molecule has 3 aromatic carbocycles. The van der Waals surface area contributed by atoms with Crippen molar-refractivity contribution < 1.29 is 8.83 Å². The predicted octanol–water partition coefficient (Wildman–Crippen LogP) is 6.51. The molecule has 5 aromatic rings. The molecule has 0 atom stereocenters. The van der Waals surface area contributed by atoms with Crippen molar-refractivity contribution >= 4 is 21.5 Å². The minimum Gasteiger partial charge on any atom is -0.464 e. The van der Waals surface area contributed by atoms with Gasteiger partial charge in [-0.25, -0.2) is 0 Å². The topological polar surface area (TPSA) is 26.3 Å². The van der Waals surface area contributed by atoms with Crippen LogP contribution in [0.1, 0.15) is 0 Å². The summed E-state index contributed by atoms with van der Waals surface area (Å²) in [4.78, 5) is 0. The average Bonchev–Trinajstić information content (AvgIpc) is 3.33. The van der Waals surface area contributed by atoms with Crippen LogP contribution in [-0.2, 0) is 0 Å². The smallest absolute Gasteiger partial charge is 0.135 e. The van der Waals surface area contributed by atoms with Gasteiger partial charge in [0.1, 0.15) is 11.5 Å². The van der Waals surface area contributed by atoms with Gasteiger partial charge in [-0.1, -0.05) is 48.5 Å². The molecule has 0 aliphatic rings. The fourth-order valence-corrected chi connectivity index (χ4v) is 3.50. The second-order valence-electron chi connectivity index (χ2n) is 5.80. The van der Waals surface area contributed by atoms with E-state index in [0.717, 1.165) is 44.2 Å². The van der Waals surface area contributed by atoms with E-state index in [1.54, 1.807) is 12.5 Å².